The molecule has 0 atom stereocenters. The van der Waals surface area contributed by atoms with E-state index in [0.29, 0.717) is 6.04 Å². The van der Waals surface area contributed by atoms with Crippen LogP contribution in [0, 0.1) is 0 Å². The highest BCUT2D eigenvalue weighted by molar-refractivity contribution is 9.10. The van der Waals surface area contributed by atoms with E-state index in [2.05, 4.69) is 37.8 Å². The van der Waals surface area contributed by atoms with Gasteiger partial charge in [-0.1, -0.05) is 0 Å². The maximum absolute atomic E-state index is 5.34. The SMILES string of the molecule is CN(c1cc(Br)ncn1)C1CCOCC1. The Hall–Kier alpha value is -0.680. The Morgan fingerprint density at radius 2 is 2.13 bits per heavy atom. The lowest BCUT2D eigenvalue weighted by Crippen LogP contribution is -2.37. The average molecular weight is 272 g/mol. The number of halogens is 1. The normalized spacial score (nSPS) is 17.7. The Kier molecular flexibility index (Phi) is 3.53. The Labute approximate surface area is 97.8 Å². The van der Waals surface area contributed by atoms with Gasteiger partial charge in [0.05, 0.1) is 0 Å². The molecule has 4 nitrogen and oxygen atoms in total. The first-order chi connectivity index (χ1) is 7.27. The summed E-state index contributed by atoms with van der Waals surface area (Å²) >= 11 is 3.35. The Morgan fingerprint density at radius 1 is 1.40 bits per heavy atom. The summed E-state index contributed by atoms with van der Waals surface area (Å²) in [6, 6.07) is 2.47. The fourth-order valence-corrected chi connectivity index (χ4v) is 2.07. The second-order valence-corrected chi connectivity index (χ2v) is 4.47. The lowest BCUT2D eigenvalue weighted by Gasteiger charge is -2.31. The molecule has 1 aromatic rings. The second kappa shape index (κ2) is 4.90. The topological polar surface area (TPSA) is 38.2 Å². The Morgan fingerprint density at radius 3 is 2.80 bits per heavy atom. The van der Waals surface area contributed by atoms with Crippen molar-refractivity contribution in [3.8, 4) is 0 Å². The molecule has 82 valence electrons. The molecule has 0 aliphatic carbocycles. The molecule has 2 rings (SSSR count). The van der Waals surface area contributed by atoms with Crippen LogP contribution >= 0.6 is 15.9 Å². The lowest BCUT2D eigenvalue weighted by atomic mass is 10.1. The van der Waals surface area contributed by atoms with E-state index in [1.165, 1.54) is 0 Å². The van der Waals surface area contributed by atoms with Crippen molar-refractivity contribution in [2.24, 2.45) is 0 Å². The third kappa shape index (κ3) is 2.66. The molecule has 15 heavy (non-hydrogen) atoms. The van der Waals surface area contributed by atoms with Crippen LogP contribution in [0.25, 0.3) is 0 Å². The fraction of sp³-hybridized carbons (Fsp3) is 0.600. The third-order valence-electron chi connectivity index (χ3n) is 2.72. The van der Waals surface area contributed by atoms with E-state index in [-0.39, 0.29) is 0 Å². The van der Waals surface area contributed by atoms with Crippen molar-refractivity contribution in [3.05, 3.63) is 17.0 Å². The molecule has 0 unspecified atom stereocenters. The number of rotatable bonds is 2. The highest BCUT2D eigenvalue weighted by Gasteiger charge is 2.19. The highest BCUT2D eigenvalue weighted by atomic mass is 79.9. The monoisotopic (exact) mass is 271 g/mol. The molecule has 0 N–H and O–H groups in total. The van der Waals surface area contributed by atoms with Crippen molar-refractivity contribution in [3.63, 3.8) is 0 Å². The third-order valence-corrected chi connectivity index (χ3v) is 3.15. The quantitative estimate of drug-likeness (QED) is 0.770. The molecule has 0 spiro atoms. The van der Waals surface area contributed by atoms with E-state index < -0.39 is 0 Å². The van der Waals surface area contributed by atoms with Gasteiger partial charge in [0.15, 0.2) is 0 Å². The van der Waals surface area contributed by atoms with Gasteiger partial charge in [0.1, 0.15) is 16.7 Å². The van der Waals surface area contributed by atoms with E-state index in [0.717, 1.165) is 36.5 Å². The summed E-state index contributed by atoms with van der Waals surface area (Å²) < 4.78 is 6.17. The summed E-state index contributed by atoms with van der Waals surface area (Å²) in [5.41, 5.74) is 0. The Bertz CT molecular complexity index is 328. The first-order valence-corrected chi connectivity index (χ1v) is 5.85. The van der Waals surface area contributed by atoms with Crippen LogP contribution in [0.5, 0.6) is 0 Å². The van der Waals surface area contributed by atoms with E-state index in [1.54, 1.807) is 6.33 Å². The largest absolute Gasteiger partial charge is 0.381 e. The van der Waals surface area contributed by atoms with Crippen LogP contribution in [0.4, 0.5) is 5.82 Å². The number of anilines is 1. The van der Waals surface area contributed by atoms with Gasteiger partial charge in [-0.15, -0.1) is 0 Å². The van der Waals surface area contributed by atoms with Crippen LogP contribution in [0.1, 0.15) is 12.8 Å². The van der Waals surface area contributed by atoms with Crippen molar-refractivity contribution < 1.29 is 4.74 Å². The van der Waals surface area contributed by atoms with Gasteiger partial charge in [0.25, 0.3) is 0 Å². The van der Waals surface area contributed by atoms with Crippen molar-refractivity contribution in [1.82, 2.24) is 9.97 Å². The second-order valence-electron chi connectivity index (χ2n) is 3.65. The molecule has 1 aliphatic rings. The minimum Gasteiger partial charge on any atom is -0.381 e. The van der Waals surface area contributed by atoms with E-state index in [9.17, 15) is 0 Å². The fourth-order valence-electron chi connectivity index (χ4n) is 1.78. The van der Waals surface area contributed by atoms with Gasteiger partial charge in [-0.25, -0.2) is 9.97 Å². The molecule has 0 bridgehead atoms. The van der Waals surface area contributed by atoms with Gasteiger partial charge in [-0.05, 0) is 28.8 Å². The maximum atomic E-state index is 5.34. The van der Waals surface area contributed by atoms with Crippen molar-refractivity contribution >= 4 is 21.7 Å². The van der Waals surface area contributed by atoms with Gasteiger partial charge in [-0.2, -0.15) is 0 Å². The predicted molar refractivity (Wildman–Crippen MR) is 62.0 cm³/mol. The number of ether oxygens (including phenoxy) is 1. The van der Waals surface area contributed by atoms with Gasteiger partial charge in [-0.3, -0.25) is 0 Å². The van der Waals surface area contributed by atoms with Gasteiger partial charge < -0.3 is 9.64 Å². The summed E-state index contributed by atoms with van der Waals surface area (Å²) in [6.45, 7) is 1.70. The van der Waals surface area contributed by atoms with Crippen LogP contribution in [0.3, 0.4) is 0 Å². The molecule has 1 aliphatic heterocycles. The summed E-state index contributed by atoms with van der Waals surface area (Å²) in [5.74, 6) is 0.962. The number of nitrogens with zero attached hydrogens (tertiary/aromatic N) is 3. The average Bonchev–Trinajstić information content (AvgIpc) is 2.29. The smallest absolute Gasteiger partial charge is 0.133 e. The van der Waals surface area contributed by atoms with Crippen molar-refractivity contribution in [1.29, 1.82) is 0 Å². The summed E-state index contributed by atoms with van der Waals surface area (Å²) in [5, 5.41) is 0. The molecule has 5 heteroatoms. The molecule has 1 saturated heterocycles. The zero-order valence-electron chi connectivity index (χ0n) is 8.69. The van der Waals surface area contributed by atoms with Crippen molar-refractivity contribution in [2.75, 3.05) is 25.2 Å². The van der Waals surface area contributed by atoms with Gasteiger partial charge in [0, 0.05) is 32.4 Å². The molecule has 0 saturated carbocycles. The van der Waals surface area contributed by atoms with E-state index in [1.807, 2.05) is 6.07 Å². The Balaban J connectivity index is 2.08. The summed E-state index contributed by atoms with van der Waals surface area (Å²) in [7, 11) is 2.07. The van der Waals surface area contributed by atoms with Crippen LogP contribution in [0.2, 0.25) is 0 Å². The zero-order chi connectivity index (χ0) is 10.7. The first-order valence-electron chi connectivity index (χ1n) is 5.05. The molecular weight excluding hydrogens is 258 g/mol. The summed E-state index contributed by atoms with van der Waals surface area (Å²) in [6.07, 6.45) is 3.71. The molecular formula is C10H14BrN3O. The van der Waals surface area contributed by atoms with Crippen LogP contribution < -0.4 is 4.90 Å². The summed E-state index contributed by atoms with van der Waals surface area (Å²) in [4.78, 5) is 10.5. The number of hydrogen-bond donors (Lipinski definition) is 0. The maximum Gasteiger partial charge on any atom is 0.133 e. The first kappa shape index (κ1) is 10.8. The molecule has 1 fully saturated rings. The number of hydrogen-bond acceptors (Lipinski definition) is 4. The number of aromatic nitrogens is 2. The zero-order valence-corrected chi connectivity index (χ0v) is 10.3. The van der Waals surface area contributed by atoms with E-state index >= 15 is 0 Å². The molecule has 2 heterocycles. The highest BCUT2D eigenvalue weighted by Crippen LogP contribution is 2.20. The van der Waals surface area contributed by atoms with Crippen molar-refractivity contribution in [2.45, 2.75) is 18.9 Å². The van der Waals surface area contributed by atoms with Gasteiger partial charge >= 0.3 is 0 Å². The lowest BCUT2D eigenvalue weighted by molar-refractivity contribution is 0.0853. The van der Waals surface area contributed by atoms with Gasteiger partial charge in [0.2, 0.25) is 0 Å². The molecule has 1 aromatic heterocycles. The molecule has 0 aromatic carbocycles. The van der Waals surface area contributed by atoms with Crippen LogP contribution in [-0.2, 0) is 4.74 Å². The van der Waals surface area contributed by atoms with E-state index in [4.69, 9.17) is 4.74 Å². The minimum atomic E-state index is 0.528. The van der Waals surface area contributed by atoms with Crippen LogP contribution in [-0.4, -0.2) is 36.3 Å². The predicted octanol–water partition coefficient (Wildman–Crippen LogP) is 1.85. The standard InChI is InChI=1S/C10H14BrN3O/c1-14(8-2-4-15-5-3-8)10-6-9(11)12-7-13-10/h6-8H,2-5H2,1H3. The van der Waals surface area contributed by atoms with Crippen LogP contribution in [0.15, 0.2) is 17.0 Å². The molecule has 0 amide bonds. The molecule has 0 radical (unpaired) electrons. The minimum absolute atomic E-state index is 0.528.